The van der Waals surface area contributed by atoms with Crippen molar-refractivity contribution in [1.82, 2.24) is 4.90 Å². The smallest absolute Gasteiger partial charge is 0.0802 e. The lowest BCUT2D eigenvalue weighted by Crippen LogP contribution is -2.46. The first-order valence-corrected chi connectivity index (χ1v) is 8.28. The number of para-hydroxylation sites is 1. The topological polar surface area (TPSA) is 52.7 Å². The third kappa shape index (κ3) is 4.24. The summed E-state index contributed by atoms with van der Waals surface area (Å²) in [5, 5.41) is 10.3. The molecule has 1 unspecified atom stereocenters. The highest BCUT2D eigenvalue weighted by Gasteiger charge is 2.18. The standard InChI is InChI=1S/C19H25N3O/c20-17-8-6-16(7-9-17)19(23)10-11-21-12-14-22(15-13-21)18-4-2-1-3-5-18/h1-9,19,23H,10-15,20H2. The Kier molecular flexibility index (Phi) is 5.16. The minimum Gasteiger partial charge on any atom is -0.399 e. The number of nitrogen functional groups attached to an aromatic ring is 1. The Morgan fingerprint density at radius 3 is 2.22 bits per heavy atom. The molecule has 0 spiro atoms. The van der Waals surface area contributed by atoms with Crippen LogP contribution in [0.5, 0.6) is 0 Å². The van der Waals surface area contributed by atoms with Gasteiger partial charge in [-0.05, 0) is 36.2 Å². The predicted octanol–water partition coefficient (Wildman–Crippen LogP) is 2.51. The quantitative estimate of drug-likeness (QED) is 0.833. The van der Waals surface area contributed by atoms with Crippen LogP contribution in [0.25, 0.3) is 0 Å². The van der Waals surface area contributed by atoms with E-state index in [9.17, 15) is 5.11 Å². The zero-order valence-corrected chi connectivity index (χ0v) is 13.4. The van der Waals surface area contributed by atoms with Crippen molar-refractivity contribution in [2.75, 3.05) is 43.4 Å². The van der Waals surface area contributed by atoms with Crippen LogP contribution in [-0.2, 0) is 0 Å². The van der Waals surface area contributed by atoms with Gasteiger partial charge in [-0.2, -0.15) is 0 Å². The van der Waals surface area contributed by atoms with E-state index in [-0.39, 0.29) is 0 Å². The minimum absolute atomic E-state index is 0.414. The minimum atomic E-state index is -0.414. The van der Waals surface area contributed by atoms with Gasteiger partial charge in [-0.25, -0.2) is 0 Å². The second kappa shape index (κ2) is 7.49. The molecule has 3 N–H and O–H groups in total. The first-order valence-electron chi connectivity index (χ1n) is 8.28. The highest BCUT2D eigenvalue weighted by Crippen LogP contribution is 2.20. The lowest BCUT2D eigenvalue weighted by Gasteiger charge is -2.36. The van der Waals surface area contributed by atoms with E-state index in [1.165, 1.54) is 5.69 Å². The van der Waals surface area contributed by atoms with Crippen LogP contribution in [0.1, 0.15) is 18.1 Å². The molecule has 1 fully saturated rings. The van der Waals surface area contributed by atoms with Gasteiger partial charge in [0.15, 0.2) is 0 Å². The summed E-state index contributed by atoms with van der Waals surface area (Å²) in [5.74, 6) is 0. The molecule has 0 aromatic heterocycles. The van der Waals surface area contributed by atoms with Crippen molar-refractivity contribution in [3.05, 3.63) is 60.2 Å². The van der Waals surface area contributed by atoms with Crippen LogP contribution in [-0.4, -0.2) is 42.7 Å². The molecule has 122 valence electrons. The van der Waals surface area contributed by atoms with Crippen LogP contribution in [0.15, 0.2) is 54.6 Å². The predicted molar refractivity (Wildman–Crippen MR) is 95.5 cm³/mol. The summed E-state index contributed by atoms with van der Waals surface area (Å²) in [4.78, 5) is 4.85. The third-order valence-electron chi connectivity index (χ3n) is 4.53. The summed E-state index contributed by atoms with van der Waals surface area (Å²) in [6, 6.07) is 18.1. The van der Waals surface area contributed by atoms with Crippen molar-refractivity contribution in [2.24, 2.45) is 0 Å². The van der Waals surface area contributed by atoms with E-state index in [0.29, 0.717) is 0 Å². The fraction of sp³-hybridized carbons (Fsp3) is 0.368. The first kappa shape index (κ1) is 15.8. The molecule has 1 aliphatic heterocycles. The maximum Gasteiger partial charge on any atom is 0.0802 e. The third-order valence-corrected chi connectivity index (χ3v) is 4.53. The molecule has 1 saturated heterocycles. The fourth-order valence-corrected chi connectivity index (χ4v) is 3.06. The summed E-state index contributed by atoms with van der Waals surface area (Å²) < 4.78 is 0. The number of anilines is 2. The second-order valence-electron chi connectivity index (χ2n) is 6.14. The molecular formula is C19H25N3O. The summed E-state index contributed by atoms with van der Waals surface area (Å²) in [6.45, 7) is 5.10. The molecule has 1 heterocycles. The van der Waals surface area contributed by atoms with Crippen LogP contribution in [0.3, 0.4) is 0 Å². The van der Waals surface area contributed by atoms with E-state index in [0.717, 1.165) is 50.4 Å². The van der Waals surface area contributed by atoms with Gasteiger partial charge >= 0.3 is 0 Å². The highest BCUT2D eigenvalue weighted by atomic mass is 16.3. The maximum atomic E-state index is 10.3. The van der Waals surface area contributed by atoms with Crippen molar-refractivity contribution in [3.8, 4) is 0 Å². The number of hydrogen-bond acceptors (Lipinski definition) is 4. The molecule has 0 amide bonds. The molecule has 3 rings (SSSR count). The first-order chi connectivity index (χ1) is 11.2. The molecule has 0 radical (unpaired) electrons. The van der Waals surface area contributed by atoms with Gasteiger partial charge in [-0.3, -0.25) is 4.90 Å². The number of nitrogens with zero attached hydrogens (tertiary/aromatic N) is 2. The van der Waals surface area contributed by atoms with Crippen LogP contribution < -0.4 is 10.6 Å². The van der Waals surface area contributed by atoms with Crippen LogP contribution in [0, 0.1) is 0 Å². The number of piperazine rings is 1. The summed E-state index contributed by atoms with van der Waals surface area (Å²) in [6.07, 6.45) is 0.345. The zero-order valence-electron chi connectivity index (χ0n) is 13.4. The molecule has 1 aliphatic rings. The molecule has 0 bridgehead atoms. The number of hydrogen-bond donors (Lipinski definition) is 2. The van der Waals surface area contributed by atoms with Gasteiger partial charge in [0.2, 0.25) is 0 Å². The number of aliphatic hydroxyl groups is 1. The van der Waals surface area contributed by atoms with Gasteiger partial charge in [0.05, 0.1) is 6.10 Å². The Bertz CT molecular complexity index is 592. The highest BCUT2D eigenvalue weighted by molar-refractivity contribution is 5.46. The van der Waals surface area contributed by atoms with Crippen molar-refractivity contribution < 1.29 is 5.11 Å². The summed E-state index contributed by atoms with van der Waals surface area (Å²) in [7, 11) is 0. The SMILES string of the molecule is Nc1ccc(C(O)CCN2CCN(c3ccccc3)CC2)cc1. The number of rotatable bonds is 5. The molecule has 4 heteroatoms. The molecular weight excluding hydrogens is 286 g/mol. The Morgan fingerprint density at radius 1 is 0.913 bits per heavy atom. The average Bonchev–Trinajstić information content (AvgIpc) is 2.61. The van der Waals surface area contributed by atoms with Gasteiger partial charge in [0, 0.05) is 44.1 Å². The van der Waals surface area contributed by atoms with E-state index in [4.69, 9.17) is 5.73 Å². The maximum absolute atomic E-state index is 10.3. The number of benzene rings is 2. The average molecular weight is 311 g/mol. The van der Waals surface area contributed by atoms with Crippen LogP contribution in [0.4, 0.5) is 11.4 Å². The largest absolute Gasteiger partial charge is 0.399 e. The Balaban J connectivity index is 1.45. The summed E-state index contributed by atoms with van der Waals surface area (Å²) in [5.41, 5.74) is 8.66. The lowest BCUT2D eigenvalue weighted by molar-refractivity contribution is 0.139. The second-order valence-corrected chi connectivity index (χ2v) is 6.14. The van der Waals surface area contributed by atoms with Crippen LogP contribution >= 0.6 is 0 Å². The molecule has 0 saturated carbocycles. The van der Waals surface area contributed by atoms with Crippen molar-refractivity contribution in [3.63, 3.8) is 0 Å². The van der Waals surface area contributed by atoms with E-state index >= 15 is 0 Å². The summed E-state index contributed by atoms with van der Waals surface area (Å²) >= 11 is 0. The Labute approximate surface area is 138 Å². The fourth-order valence-electron chi connectivity index (χ4n) is 3.06. The van der Waals surface area contributed by atoms with E-state index in [1.54, 1.807) is 0 Å². The molecule has 2 aromatic rings. The van der Waals surface area contributed by atoms with Crippen molar-refractivity contribution in [1.29, 1.82) is 0 Å². The van der Waals surface area contributed by atoms with E-state index in [2.05, 4.69) is 40.1 Å². The van der Waals surface area contributed by atoms with E-state index < -0.39 is 6.10 Å². The van der Waals surface area contributed by atoms with Gasteiger partial charge in [0.25, 0.3) is 0 Å². The van der Waals surface area contributed by atoms with Crippen LogP contribution in [0.2, 0.25) is 0 Å². The molecule has 2 aromatic carbocycles. The molecule has 0 aliphatic carbocycles. The molecule has 23 heavy (non-hydrogen) atoms. The number of nitrogens with two attached hydrogens (primary N) is 1. The van der Waals surface area contributed by atoms with E-state index in [1.807, 2.05) is 24.3 Å². The molecule has 1 atom stereocenters. The monoisotopic (exact) mass is 311 g/mol. The molecule has 4 nitrogen and oxygen atoms in total. The van der Waals surface area contributed by atoms with Gasteiger partial charge < -0.3 is 15.7 Å². The van der Waals surface area contributed by atoms with Gasteiger partial charge in [0.1, 0.15) is 0 Å². The van der Waals surface area contributed by atoms with Crippen molar-refractivity contribution >= 4 is 11.4 Å². The van der Waals surface area contributed by atoms with Crippen molar-refractivity contribution in [2.45, 2.75) is 12.5 Å². The van der Waals surface area contributed by atoms with Gasteiger partial charge in [-0.1, -0.05) is 30.3 Å². The lowest BCUT2D eigenvalue weighted by atomic mass is 10.1. The van der Waals surface area contributed by atoms with Gasteiger partial charge in [-0.15, -0.1) is 0 Å². The Morgan fingerprint density at radius 2 is 1.57 bits per heavy atom. The Hall–Kier alpha value is -2.04. The zero-order chi connectivity index (χ0) is 16.1. The normalized spacial score (nSPS) is 17.2. The number of aliphatic hydroxyl groups excluding tert-OH is 1.